The molecule has 2 N–H and O–H groups in total. The van der Waals surface area contributed by atoms with Gasteiger partial charge < -0.3 is 10.4 Å². The number of hydrogen-bond donors (Lipinski definition) is 2. The summed E-state index contributed by atoms with van der Waals surface area (Å²) in [7, 11) is 0. The van der Waals surface area contributed by atoms with E-state index in [9.17, 15) is 9.90 Å². The van der Waals surface area contributed by atoms with E-state index in [0.29, 0.717) is 0 Å². The molecule has 4 rings (SSSR count). The van der Waals surface area contributed by atoms with E-state index in [-0.39, 0.29) is 17.9 Å². The van der Waals surface area contributed by atoms with Crippen LogP contribution in [0, 0.1) is 0 Å². The number of nitrogens with one attached hydrogen (secondary N) is 1. The van der Waals surface area contributed by atoms with Crippen LogP contribution in [0.4, 0.5) is 0 Å². The van der Waals surface area contributed by atoms with Crippen LogP contribution in [0.25, 0.3) is 0 Å². The monoisotopic (exact) mass is 421 g/mol. The van der Waals surface area contributed by atoms with Crippen molar-refractivity contribution < 1.29 is 9.90 Å². The van der Waals surface area contributed by atoms with Crippen LogP contribution in [-0.2, 0) is 4.79 Å². The maximum Gasteiger partial charge on any atom is 0.228 e. The largest absolute Gasteiger partial charge is 0.384 e. The molecule has 2 atom stereocenters. The average molecular weight is 422 g/mol. The van der Waals surface area contributed by atoms with Crippen LogP contribution in [0.2, 0.25) is 0 Å². The Hall–Kier alpha value is -3.69. The van der Waals surface area contributed by atoms with Crippen molar-refractivity contribution >= 4 is 5.91 Å². The van der Waals surface area contributed by atoms with Gasteiger partial charge in [-0.25, -0.2) is 0 Å². The third-order valence-corrected chi connectivity index (χ3v) is 5.79. The molecule has 0 aromatic heterocycles. The molecule has 0 aliphatic heterocycles. The van der Waals surface area contributed by atoms with Gasteiger partial charge in [0.2, 0.25) is 5.91 Å². The van der Waals surface area contributed by atoms with Crippen LogP contribution in [0.5, 0.6) is 0 Å². The van der Waals surface area contributed by atoms with Crippen molar-refractivity contribution in [2.45, 2.75) is 25.0 Å². The van der Waals surface area contributed by atoms with Gasteiger partial charge in [0, 0.05) is 0 Å². The average Bonchev–Trinajstić information content (AvgIpc) is 2.88. The zero-order chi connectivity index (χ0) is 22.3. The van der Waals surface area contributed by atoms with Gasteiger partial charge in [-0.3, -0.25) is 4.79 Å². The molecular formula is C29H27NO2. The summed E-state index contributed by atoms with van der Waals surface area (Å²) in [6.45, 7) is 1.90. The fourth-order valence-electron chi connectivity index (χ4n) is 3.89. The van der Waals surface area contributed by atoms with Gasteiger partial charge in [0.05, 0.1) is 12.0 Å². The summed E-state index contributed by atoms with van der Waals surface area (Å²) >= 11 is 0. The Balaban J connectivity index is 1.56. The van der Waals surface area contributed by atoms with E-state index < -0.39 is 6.10 Å². The molecule has 32 heavy (non-hydrogen) atoms. The van der Waals surface area contributed by atoms with Crippen molar-refractivity contribution in [1.82, 2.24) is 5.32 Å². The van der Waals surface area contributed by atoms with Gasteiger partial charge in [-0.15, -0.1) is 0 Å². The summed E-state index contributed by atoms with van der Waals surface area (Å²) < 4.78 is 0. The number of carbonyl (C=O) groups excluding carboxylic acids is 1. The fourth-order valence-corrected chi connectivity index (χ4v) is 3.89. The SMILES string of the molecule is CC(C(=O)NC(c1ccccc1)c1ccccc1)c1cccc(C(O)c2ccccc2)c1. The summed E-state index contributed by atoms with van der Waals surface area (Å²) in [5.41, 5.74) is 4.54. The number of aliphatic hydroxyl groups is 1. The fraction of sp³-hybridized carbons (Fsp3) is 0.138. The Bertz CT molecular complexity index is 1100. The minimum absolute atomic E-state index is 0.0611. The second-order valence-corrected chi connectivity index (χ2v) is 7.97. The molecule has 4 aromatic carbocycles. The first kappa shape index (κ1) is 21.5. The van der Waals surface area contributed by atoms with Gasteiger partial charge in [0.25, 0.3) is 0 Å². The molecule has 0 spiro atoms. The molecule has 160 valence electrons. The standard InChI is InChI=1S/C29H27NO2/c1-21(25-18-11-19-26(20-25)28(31)24-16-9-4-10-17-24)29(32)30-27(22-12-5-2-6-13-22)23-14-7-3-8-15-23/h2-21,27-28,31H,1H3,(H,30,32). The lowest BCUT2D eigenvalue weighted by molar-refractivity contribution is -0.122. The van der Waals surface area contributed by atoms with Crippen molar-refractivity contribution in [3.8, 4) is 0 Å². The van der Waals surface area contributed by atoms with Gasteiger partial charge in [0.1, 0.15) is 6.10 Å². The molecule has 0 saturated carbocycles. The molecule has 3 nitrogen and oxygen atoms in total. The van der Waals surface area contributed by atoms with E-state index >= 15 is 0 Å². The quantitative estimate of drug-likeness (QED) is 0.397. The maximum absolute atomic E-state index is 13.3. The summed E-state index contributed by atoms with van der Waals surface area (Å²) in [4.78, 5) is 13.3. The summed E-state index contributed by atoms with van der Waals surface area (Å²) in [6, 6.07) is 36.9. The molecule has 0 aliphatic rings. The third kappa shape index (κ3) is 4.96. The minimum atomic E-state index is -0.729. The first-order valence-corrected chi connectivity index (χ1v) is 10.9. The molecule has 0 saturated heterocycles. The van der Waals surface area contributed by atoms with Crippen molar-refractivity contribution in [3.63, 3.8) is 0 Å². The van der Waals surface area contributed by atoms with Gasteiger partial charge in [-0.2, -0.15) is 0 Å². The van der Waals surface area contributed by atoms with Gasteiger partial charge >= 0.3 is 0 Å². The molecule has 0 aliphatic carbocycles. The predicted molar refractivity (Wildman–Crippen MR) is 128 cm³/mol. The highest BCUT2D eigenvalue weighted by molar-refractivity contribution is 5.84. The second kappa shape index (κ2) is 10.1. The van der Waals surface area contributed by atoms with Crippen molar-refractivity contribution in [2.75, 3.05) is 0 Å². The zero-order valence-corrected chi connectivity index (χ0v) is 18.1. The number of amides is 1. The summed E-state index contributed by atoms with van der Waals surface area (Å²) in [6.07, 6.45) is -0.729. The maximum atomic E-state index is 13.3. The lowest BCUT2D eigenvalue weighted by atomic mass is 9.93. The van der Waals surface area contributed by atoms with Crippen LogP contribution in [-0.4, -0.2) is 11.0 Å². The Morgan fingerprint density at radius 1 is 0.625 bits per heavy atom. The molecule has 4 aromatic rings. The number of carbonyl (C=O) groups is 1. The van der Waals surface area contributed by atoms with Crippen molar-refractivity contribution in [2.24, 2.45) is 0 Å². The second-order valence-electron chi connectivity index (χ2n) is 7.97. The van der Waals surface area contributed by atoms with Crippen LogP contribution >= 0.6 is 0 Å². The number of aliphatic hydroxyl groups excluding tert-OH is 1. The number of hydrogen-bond acceptors (Lipinski definition) is 2. The zero-order valence-electron chi connectivity index (χ0n) is 18.1. The van der Waals surface area contributed by atoms with E-state index in [2.05, 4.69) is 5.32 Å². The Morgan fingerprint density at radius 2 is 1.06 bits per heavy atom. The summed E-state index contributed by atoms with van der Waals surface area (Å²) in [5, 5.41) is 14.0. The molecule has 0 fully saturated rings. The number of benzene rings is 4. The van der Waals surface area contributed by atoms with E-state index in [1.165, 1.54) is 0 Å². The highest BCUT2D eigenvalue weighted by atomic mass is 16.3. The molecule has 1 amide bonds. The molecule has 0 bridgehead atoms. The van der Waals surface area contributed by atoms with E-state index in [0.717, 1.165) is 27.8 Å². The third-order valence-electron chi connectivity index (χ3n) is 5.79. The lowest BCUT2D eigenvalue weighted by Gasteiger charge is -2.23. The highest BCUT2D eigenvalue weighted by Gasteiger charge is 2.22. The normalized spacial score (nSPS) is 12.8. The molecule has 2 unspecified atom stereocenters. The molecule has 0 radical (unpaired) electrons. The Morgan fingerprint density at radius 3 is 1.59 bits per heavy atom. The Labute approximate surface area is 189 Å². The van der Waals surface area contributed by atoms with Gasteiger partial charge in [-0.1, -0.05) is 115 Å². The summed E-state index contributed by atoms with van der Waals surface area (Å²) in [5.74, 6) is -0.429. The van der Waals surface area contributed by atoms with Crippen molar-refractivity contribution in [3.05, 3.63) is 143 Å². The van der Waals surface area contributed by atoms with Crippen LogP contribution < -0.4 is 5.32 Å². The van der Waals surface area contributed by atoms with Crippen LogP contribution in [0.3, 0.4) is 0 Å². The topological polar surface area (TPSA) is 49.3 Å². The molecule has 0 heterocycles. The lowest BCUT2D eigenvalue weighted by Crippen LogP contribution is -2.32. The van der Waals surface area contributed by atoms with Crippen LogP contribution in [0.1, 0.15) is 52.8 Å². The molecular weight excluding hydrogens is 394 g/mol. The van der Waals surface area contributed by atoms with Crippen LogP contribution in [0.15, 0.2) is 115 Å². The van der Waals surface area contributed by atoms with Gasteiger partial charge in [-0.05, 0) is 34.7 Å². The molecule has 3 heteroatoms. The van der Waals surface area contributed by atoms with E-state index in [1.807, 2.05) is 122 Å². The first-order valence-electron chi connectivity index (χ1n) is 10.9. The van der Waals surface area contributed by atoms with Crippen molar-refractivity contribution in [1.29, 1.82) is 0 Å². The van der Waals surface area contributed by atoms with E-state index in [1.54, 1.807) is 0 Å². The van der Waals surface area contributed by atoms with E-state index in [4.69, 9.17) is 0 Å². The van der Waals surface area contributed by atoms with Gasteiger partial charge in [0.15, 0.2) is 0 Å². The highest BCUT2D eigenvalue weighted by Crippen LogP contribution is 2.27. The Kier molecular flexibility index (Phi) is 6.78. The minimum Gasteiger partial charge on any atom is -0.384 e. The number of rotatable bonds is 7. The first-order chi connectivity index (χ1) is 15.6. The predicted octanol–water partition coefficient (Wildman–Crippen LogP) is 5.78. The smallest absolute Gasteiger partial charge is 0.228 e.